The van der Waals surface area contributed by atoms with E-state index >= 15 is 0 Å². The largest absolute Gasteiger partial charge is 0.0916 e. The highest BCUT2D eigenvalue weighted by atomic mass is 14.2. The van der Waals surface area contributed by atoms with Crippen molar-refractivity contribution in [3.63, 3.8) is 0 Å². The topological polar surface area (TPSA) is 0 Å². The van der Waals surface area contributed by atoms with Crippen molar-refractivity contribution in [2.24, 2.45) is 5.41 Å². The maximum atomic E-state index is 2.35. The van der Waals surface area contributed by atoms with Crippen LogP contribution in [0.3, 0.4) is 0 Å². The van der Waals surface area contributed by atoms with E-state index in [-0.39, 0.29) is 0 Å². The van der Waals surface area contributed by atoms with Gasteiger partial charge in [-0.3, -0.25) is 0 Å². The Morgan fingerprint density at radius 3 is 2.36 bits per heavy atom. The molecule has 0 aromatic heterocycles. The Bertz CT molecular complexity index is 109. The lowest BCUT2D eigenvalue weighted by Gasteiger charge is -2.22. The summed E-state index contributed by atoms with van der Waals surface area (Å²) in [5.41, 5.74) is 0.516. The molecule has 0 aliphatic heterocycles. The smallest absolute Gasteiger partial charge is 0.0299 e. The predicted octanol–water partition coefficient (Wildman–Crippen LogP) is 4.17. The van der Waals surface area contributed by atoms with Crippen LogP contribution in [0.5, 0.6) is 0 Å². The summed E-state index contributed by atoms with van der Waals surface area (Å²) in [6.45, 7) is 9.05. The summed E-state index contributed by atoms with van der Waals surface area (Å²) in [4.78, 5) is 0. The molecule has 0 spiro atoms. The van der Waals surface area contributed by atoms with Crippen LogP contribution in [0.25, 0.3) is 0 Å². The lowest BCUT2D eigenvalue weighted by atomic mass is 9.84. The summed E-state index contributed by atoms with van der Waals surface area (Å²) in [7, 11) is 0. The van der Waals surface area contributed by atoms with Crippen LogP contribution in [0.1, 0.15) is 53.4 Å². The van der Waals surface area contributed by atoms with E-state index in [2.05, 4.69) is 39.8 Å². The molecule has 0 saturated carbocycles. The molecule has 66 valence electrons. The highest BCUT2D eigenvalue weighted by Crippen LogP contribution is 2.27. The van der Waals surface area contributed by atoms with Gasteiger partial charge in [-0.15, -0.1) is 0 Å². The second-order valence-corrected chi connectivity index (χ2v) is 4.04. The fourth-order valence-electron chi connectivity index (χ4n) is 1.19. The summed E-state index contributed by atoms with van der Waals surface area (Å²) in [5.74, 6) is 0. The number of hydrogen-bond acceptors (Lipinski definition) is 0. The monoisotopic (exact) mass is 154 g/mol. The third-order valence-corrected chi connectivity index (χ3v) is 2.11. The molecular formula is C11H22. The van der Waals surface area contributed by atoms with Crippen LogP contribution >= 0.6 is 0 Å². The molecule has 0 saturated heterocycles. The van der Waals surface area contributed by atoms with E-state index in [4.69, 9.17) is 0 Å². The quantitative estimate of drug-likeness (QED) is 0.521. The van der Waals surface area contributed by atoms with Gasteiger partial charge >= 0.3 is 0 Å². The summed E-state index contributed by atoms with van der Waals surface area (Å²) < 4.78 is 0. The van der Waals surface area contributed by atoms with Gasteiger partial charge in [0, 0.05) is 0 Å². The SMILES string of the molecule is CC=CCC(C)(C)CCCC. The molecular weight excluding hydrogens is 132 g/mol. The third-order valence-electron chi connectivity index (χ3n) is 2.11. The van der Waals surface area contributed by atoms with Gasteiger partial charge in [0.05, 0.1) is 0 Å². The first-order valence-corrected chi connectivity index (χ1v) is 4.73. The van der Waals surface area contributed by atoms with Crippen molar-refractivity contribution < 1.29 is 0 Å². The van der Waals surface area contributed by atoms with E-state index in [1.54, 1.807) is 0 Å². The molecule has 0 aromatic rings. The Kier molecular flexibility index (Phi) is 5.27. The van der Waals surface area contributed by atoms with Gasteiger partial charge in [0.2, 0.25) is 0 Å². The lowest BCUT2D eigenvalue weighted by Crippen LogP contribution is -2.09. The highest BCUT2D eigenvalue weighted by Gasteiger charge is 2.14. The van der Waals surface area contributed by atoms with Crippen LogP contribution in [0, 0.1) is 5.41 Å². The maximum Gasteiger partial charge on any atom is -0.0299 e. The van der Waals surface area contributed by atoms with E-state index < -0.39 is 0 Å². The Hall–Kier alpha value is -0.260. The highest BCUT2D eigenvalue weighted by molar-refractivity contribution is 4.84. The van der Waals surface area contributed by atoms with Crippen LogP contribution < -0.4 is 0 Å². The van der Waals surface area contributed by atoms with Gasteiger partial charge in [0.25, 0.3) is 0 Å². The van der Waals surface area contributed by atoms with Gasteiger partial charge in [-0.25, -0.2) is 0 Å². The van der Waals surface area contributed by atoms with E-state index in [0.717, 1.165) is 0 Å². The van der Waals surface area contributed by atoms with E-state index in [1.807, 2.05) is 0 Å². The van der Waals surface area contributed by atoms with Gasteiger partial charge < -0.3 is 0 Å². The van der Waals surface area contributed by atoms with E-state index in [0.29, 0.717) is 5.41 Å². The average molecular weight is 154 g/mol. The van der Waals surface area contributed by atoms with Gasteiger partial charge in [-0.1, -0.05) is 45.8 Å². The molecule has 0 rings (SSSR count). The first kappa shape index (κ1) is 10.7. The zero-order valence-electron chi connectivity index (χ0n) is 8.48. The van der Waals surface area contributed by atoms with Crippen molar-refractivity contribution in [2.75, 3.05) is 0 Å². The van der Waals surface area contributed by atoms with Crippen LogP contribution in [-0.4, -0.2) is 0 Å². The first-order chi connectivity index (χ1) is 5.12. The van der Waals surface area contributed by atoms with Gasteiger partial charge in [0.15, 0.2) is 0 Å². The summed E-state index contributed by atoms with van der Waals surface area (Å²) in [6.07, 6.45) is 9.69. The number of rotatable bonds is 5. The first-order valence-electron chi connectivity index (χ1n) is 4.73. The molecule has 0 fully saturated rings. The van der Waals surface area contributed by atoms with Gasteiger partial charge in [0.1, 0.15) is 0 Å². The fourth-order valence-corrected chi connectivity index (χ4v) is 1.19. The van der Waals surface area contributed by atoms with Crippen molar-refractivity contribution >= 4 is 0 Å². The van der Waals surface area contributed by atoms with Gasteiger partial charge in [-0.2, -0.15) is 0 Å². The molecule has 0 nitrogen and oxygen atoms in total. The van der Waals surface area contributed by atoms with Crippen molar-refractivity contribution in [3.8, 4) is 0 Å². The van der Waals surface area contributed by atoms with Crippen LogP contribution in [0.15, 0.2) is 12.2 Å². The Morgan fingerprint density at radius 1 is 1.27 bits per heavy atom. The van der Waals surface area contributed by atoms with E-state index in [9.17, 15) is 0 Å². The molecule has 0 unspecified atom stereocenters. The van der Waals surface area contributed by atoms with Gasteiger partial charge in [-0.05, 0) is 25.2 Å². The number of allylic oxidation sites excluding steroid dienone is 2. The van der Waals surface area contributed by atoms with Crippen molar-refractivity contribution in [1.82, 2.24) is 0 Å². The maximum absolute atomic E-state index is 2.35. The van der Waals surface area contributed by atoms with E-state index in [1.165, 1.54) is 25.7 Å². The Morgan fingerprint density at radius 2 is 1.91 bits per heavy atom. The Labute approximate surface area is 71.7 Å². The number of unbranched alkanes of at least 4 members (excludes halogenated alkanes) is 1. The average Bonchev–Trinajstić information content (AvgIpc) is 1.97. The molecule has 0 aliphatic carbocycles. The summed E-state index contributed by atoms with van der Waals surface area (Å²) in [6, 6.07) is 0. The van der Waals surface area contributed by atoms with Crippen LogP contribution in [-0.2, 0) is 0 Å². The number of hydrogen-bond donors (Lipinski definition) is 0. The second-order valence-electron chi connectivity index (χ2n) is 4.04. The standard InChI is InChI=1S/C11H22/c1-5-7-9-11(3,4)10-8-6-2/h5,7H,6,8-10H2,1-4H3. The molecule has 0 aromatic carbocycles. The van der Waals surface area contributed by atoms with Crippen molar-refractivity contribution in [1.29, 1.82) is 0 Å². The van der Waals surface area contributed by atoms with Crippen LogP contribution in [0.2, 0.25) is 0 Å². The summed E-state index contributed by atoms with van der Waals surface area (Å²) in [5, 5.41) is 0. The normalized spacial score (nSPS) is 12.7. The minimum Gasteiger partial charge on any atom is -0.0916 e. The molecule has 0 radical (unpaired) electrons. The molecule has 0 heterocycles. The predicted molar refractivity (Wildman–Crippen MR) is 52.7 cm³/mol. The molecule has 0 atom stereocenters. The minimum atomic E-state index is 0.516. The second kappa shape index (κ2) is 5.40. The fraction of sp³-hybridized carbons (Fsp3) is 0.818. The third kappa shape index (κ3) is 6.15. The van der Waals surface area contributed by atoms with Crippen molar-refractivity contribution in [3.05, 3.63) is 12.2 Å². The van der Waals surface area contributed by atoms with Crippen LogP contribution in [0.4, 0.5) is 0 Å². The van der Waals surface area contributed by atoms with Crippen molar-refractivity contribution in [2.45, 2.75) is 53.4 Å². The molecule has 11 heavy (non-hydrogen) atoms. The molecule has 0 amide bonds. The molecule has 0 bridgehead atoms. The Balaban J connectivity index is 3.60. The lowest BCUT2D eigenvalue weighted by molar-refractivity contribution is 0.328. The summed E-state index contributed by atoms with van der Waals surface area (Å²) >= 11 is 0. The zero-order chi connectivity index (χ0) is 8.74. The molecule has 0 aliphatic rings. The zero-order valence-corrected chi connectivity index (χ0v) is 8.48. The minimum absolute atomic E-state index is 0.516. The molecule has 0 N–H and O–H groups in total. The molecule has 0 heteroatoms.